The SMILES string of the molecule is Cc1ccc(C(=O)N2CCC(CON)C2)cc1. The highest BCUT2D eigenvalue weighted by Gasteiger charge is 2.26. The second-order valence-electron chi connectivity index (χ2n) is 4.61. The molecule has 1 saturated heterocycles. The topological polar surface area (TPSA) is 55.6 Å². The lowest BCUT2D eigenvalue weighted by Crippen LogP contribution is -2.29. The predicted octanol–water partition coefficient (Wildman–Crippen LogP) is 1.35. The minimum Gasteiger partial charge on any atom is -0.338 e. The number of aryl methyl sites for hydroxylation is 1. The van der Waals surface area contributed by atoms with Crippen molar-refractivity contribution in [2.75, 3.05) is 19.7 Å². The van der Waals surface area contributed by atoms with Crippen molar-refractivity contribution in [1.82, 2.24) is 4.90 Å². The van der Waals surface area contributed by atoms with Crippen LogP contribution < -0.4 is 5.90 Å². The van der Waals surface area contributed by atoms with E-state index in [1.165, 1.54) is 0 Å². The molecule has 17 heavy (non-hydrogen) atoms. The molecule has 2 rings (SSSR count). The smallest absolute Gasteiger partial charge is 0.253 e. The fourth-order valence-corrected chi connectivity index (χ4v) is 2.17. The van der Waals surface area contributed by atoms with E-state index in [9.17, 15) is 4.79 Å². The Bertz CT molecular complexity index is 389. The van der Waals surface area contributed by atoms with Crippen molar-refractivity contribution in [1.29, 1.82) is 0 Å². The summed E-state index contributed by atoms with van der Waals surface area (Å²) in [5, 5.41) is 0. The summed E-state index contributed by atoms with van der Waals surface area (Å²) < 4.78 is 0. The van der Waals surface area contributed by atoms with Gasteiger partial charge in [-0.05, 0) is 25.5 Å². The number of carbonyl (C=O) groups is 1. The number of nitrogens with zero attached hydrogens (tertiary/aromatic N) is 1. The van der Waals surface area contributed by atoms with Crippen molar-refractivity contribution in [3.05, 3.63) is 35.4 Å². The molecule has 2 N–H and O–H groups in total. The van der Waals surface area contributed by atoms with Crippen molar-refractivity contribution < 1.29 is 9.63 Å². The lowest BCUT2D eigenvalue weighted by Gasteiger charge is -2.16. The summed E-state index contributed by atoms with van der Waals surface area (Å²) in [6, 6.07) is 7.68. The first-order valence-corrected chi connectivity index (χ1v) is 5.88. The fraction of sp³-hybridized carbons (Fsp3) is 0.462. The Balaban J connectivity index is 1.99. The first-order valence-electron chi connectivity index (χ1n) is 5.88. The molecule has 0 bridgehead atoms. The van der Waals surface area contributed by atoms with E-state index in [1.54, 1.807) is 0 Å². The molecule has 1 amide bonds. The first kappa shape index (κ1) is 12.1. The summed E-state index contributed by atoms with van der Waals surface area (Å²) in [6.45, 7) is 4.07. The van der Waals surface area contributed by atoms with Gasteiger partial charge in [-0.2, -0.15) is 0 Å². The molecule has 0 aliphatic carbocycles. The summed E-state index contributed by atoms with van der Waals surface area (Å²) in [4.78, 5) is 18.7. The number of hydrogen-bond donors (Lipinski definition) is 1. The number of likely N-dealkylation sites (tertiary alicyclic amines) is 1. The maximum atomic E-state index is 12.2. The maximum Gasteiger partial charge on any atom is 0.253 e. The van der Waals surface area contributed by atoms with E-state index in [-0.39, 0.29) is 5.91 Å². The molecular weight excluding hydrogens is 216 g/mol. The van der Waals surface area contributed by atoms with E-state index in [0.29, 0.717) is 12.5 Å². The zero-order valence-electron chi connectivity index (χ0n) is 10.1. The second kappa shape index (κ2) is 5.29. The van der Waals surface area contributed by atoms with Crippen LogP contribution in [0.3, 0.4) is 0 Å². The average Bonchev–Trinajstić information content (AvgIpc) is 2.78. The van der Waals surface area contributed by atoms with E-state index in [1.807, 2.05) is 36.1 Å². The van der Waals surface area contributed by atoms with Gasteiger partial charge in [-0.1, -0.05) is 17.7 Å². The summed E-state index contributed by atoms with van der Waals surface area (Å²) in [6.07, 6.45) is 0.967. The van der Waals surface area contributed by atoms with Gasteiger partial charge in [0.2, 0.25) is 0 Å². The van der Waals surface area contributed by atoms with Crippen molar-refractivity contribution in [2.45, 2.75) is 13.3 Å². The van der Waals surface area contributed by atoms with E-state index in [2.05, 4.69) is 4.84 Å². The van der Waals surface area contributed by atoms with Crippen molar-refractivity contribution in [2.24, 2.45) is 11.8 Å². The van der Waals surface area contributed by atoms with Gasteiger partial charge in [-0.15, -0.1) is 0 Å². The van der Waals surface area contributed by atoms with E-state index in [0.717, 1.165) is 30.6 Å². The molecule has 1 aromatic carbocycles. The molecule has 1 atom stereocenters. The summed E-state index contributed by atoms with van der Waals surface area (Å²) in [5.74, 6) is 5.53. The van der Waals surface area contributed by atoms with Crippen LogP contribution >= 0.6 is 0 Å². The highest BCUT2D eigenvalue weighted by Crippen LogP contribution is 2.18. The van der Waals surface area contributed by atoms with Gasteiger partial charge >= 0.3 is 0 Å². The Morgan fingerprint density at radius 1 is 1.47 bits per heavy atom. The van der Waals surface area contributed by atoms with Gasteiger partial charge in [-0.3, -0.25) is 4.79 Å². The molecule has 92 valence electrons. The Labute approximate surface area is 101 Å². The second-order valence-corrected chi connectivity index (χ2v) is 4.61. The molecule has 1 fully saturated rings. The first-order chi connectivity index (χ1) is 8.20. The number of hydrogen-bond acceptors (Lipinski definition) is 3. The van der Waals surface area contributed by atoms with Gasteiger partial charge in [0.25, 0.3) is 5.91 Å². The minimum absolute atomic E-state index is 0.101. The molecule has 1 aliphatic heterocycles. The molecule has 4 nitrogen and oxygen atoms in total. The highest BCUT2D eigenvalue weighted by atomic mass is 16.6. The van der Waals surface area contributed by atoms with E-state index < -0.39 is 0 Å². The molecule has 0 radical (unpaired) electrons. The number of nitrogens with two attached hydrogens (primary N) is 1. The Kier molecular flexibility index (Phi) is 3.76. The Hall–Kier alpha value is -1.39. The van der Waals surface area contributed by atoms with Crippen LogP contribution in [0.2, 0.25) is 0 Å². The zero-order valence-corrected chi connectivity index (χ0v) is 10.1. The molecule has 1 heterocycles. The Morgan fingerprint density at radius 2 is 2.18 bits per heavy atom. The maximum absolute atomic E-state index is 12.2. The molecule has 0 saturated carbocycles. The number of amides is 1. The quantitative estimate of drug-likeness (QED) is 0.803. The lowest BCUT2D eigenvalue weighted by molar-refractivity contribution is 0.0754. The summed E-state index contributed by atoms with van der Waals surface area (Å²) in [5.41, 5.74) is 1.92. The third-order valence-corrected chi connectivity index (χ3v) is 3.20. The summed E-state index contributed by atoms with van der Waals surface area (Å²) >= 11 is 0. The predicted molar refractivity (Wildman–Crippen MR) is 65.3 cm³/mol. The van der Waals surface area contributed by atoms with Gasteiger partial charge in [-0.25, -0.2) is 5.90 Å². The Morgan fingerprint density at radius 3 is 2.82 bits per heavy atom. The zero-order chi connectivity index (χ0) is 12.3. The van der Waals surface area contributed by atoms with Gasteiger partial charge in [0.05, 0.1) is 6.61 Å². The number of benzene rings is 1. The highest BCUT2D eigenvalue weighted by molar-refractivity contribution is 5.94. The van der Waals surface area contributed by atoms with Crippen LogP contribution in [-0.2, 0) is 4.84 Å². The standard InChI is InChI=1S/C13H18N2O2/c1-10-2-4-12(5-3-10)13(16)15-7-6-11(8-15)9-17-14/h2-5,11H,6-9,14H2,1H3. The number of rotatable bonds is 3. The van der Waals surface area contributed by atoms with Crippen LogP contribution in [0.15, 0.2) is 24.3 Å². The average molecular weight is 234 g/mol. The largest absolute Gasteiger partial charge is 0.338 e. The van der Waals surface area contributed by atoms with Crippen LogP contribution in [0.25, 0.3) is 0 Å². The molecular formula is C13H18N2O2. The number of carbonyl (C=O) groups excluding carboxylic acids is 1. The van der Waals surface area contributed by atoms with Gasteiger partial charge in [0.15, 0.2) is 0 Å². The van der Waals surface area contributed by atoms with Crippen LogP contribution in [0, 0.1) is 12.8 Å². The third kappa shape index (κ3) is 2.84. The molecule has 1 aliphatic rings. The van der Waals surface area contributed by atoms with Crippen LogP contribution in [-0.4, -0.2) is 30.5 Å². The minimum atomic E-state index is 0.101. The lowest BCUT2D eigenvalue weighted by atomic mass is 10.1. The molecule has 1 unspecified atom stereocenters. The molecule has 4 heteroatoms. The normalized spacial score (nSPS) is 19.6. The molecule has 1 aromatic rings. The van der Waals surface area contributed by atoms with Crippen LogP contribution in [0.4, 0.5) is 0 Å². The van der Waals surface area contributed by atoms with E-state index >= 15 is 0 Å². The van der Waals surface area contributed by atoms with Gasteiger partial charge < -0.3 is 9.74 Å². The molecule has 0 spiro atoms. The van der Waals surface area contributed by atoms with Crippen molar-refractivity contribution >= 4 is 5.91 Å². The van der Waals surface area contributed by atoms with Crippen LogP contribution in [0.5, 0.6) is 0 Å². The van der Waals surface area contributed by atoms with E-state index in [4.69, 9.17) is 5.90 Å². The van der Waals surface area contributed by atoms with Gasteiger partial charge in [0, 0.05) is 24.6 Å². The fourth-order valence-electron chi connectivity index (χ4n) is 2.17. The molecule has 0 aromatic heterocycles. The van der Waals surface area contributed by atoms with Gasteiger partial charge in [0.1, 0.15) is 0 Å². The van der Waals surface area contributed by atoms with Crippen molar-refractivity contribution in [3.8, 4) is 0 Å². The van der Waals surface area contributed by atoms with Crippen LogP contribution in [0.1, 0.15) is 22.3 Å². The monoisotopic (exact) mass is 234 g/mol. The summed E-state index contributed by atoms with van der Waals surface area (Å²) in [7, 11) is 0. The van der Waals surface area contributed by atoms with Crippen molar-refractivity contribution in [3.63, 3.8) is 0 Å². The third-order valence-electron chi connectivity index (χ3n) is 3.20.